The number of amides is 2. The van der Waals surface area contributed by atoms with Crippen LogP contribution in [0.15, 0.2) is 66.9 Å². The number of benzene rings is 2. The van der Waals surface area contributed by atoms with Crippen molar-refractivity contribution in [3.8, 4) is 11.5 Å². The third-order valence-corrected chi connectivity index (χ3v) is 5.04. The van der Waals surface area contributed by atoms with Gasteiger partial charge in [0.25, 0.3) is 11.8 Å². The molecule has 1 aliphatic rings. The lowest BCUT2D eigenvalue weighted by molar-refractivity contribution is -0.134. The van der Waals surface area contributed by atoms with Gasteiger partial charge in [0.15, 0.2) is 11.5 Å². The smallest absolute Gasteiger partial charge is 0.313 e. The summed E-state index contributed by atoms with van der Waals surface area (Å²) in [4.78, 5) is 42.7. The van der Waals surface area contributed by atoms with Crippen LogP contribution in [0.3, 0.4) is 0 Å². The largest absolute Gasteiger partial charge is 0.490 e. The van der Waals surface area contributed by atoms with Gasteiger partial charge in [-0.05, 0) is 55.0 Å². The number of esters is 1. The Labute approximate surface area is 191 Å². The first-order valence-electron chi connectivity index (χ1n) is 10.6. The molecule has 2 heterocycles. The monoisotopic (exact) mass is 442 g/mol. The van der Waals surface area contributed by atoms with Crippen LogP contribution in [-0.2, 0) is 4.79 Å². The summed E-state index contributed by atoms with van der Waals surface area (Å²) < 4.78 is 11.1. The third kappa shape index (κ3) is 4.98. The van der Waals surface area contributed by atoms with Crippen molar-refractivity contribution in [2.45, 2.75) is 13.3 Å². The molecule has 0 unspecified atom stereocenters. The molecule has 166 valence electrons. The Hall–Kier alpha value is -4.26. The molecule has 7 heteroatoms. The molecule has 0 spiro atoms. The molecule has 0 saturated heterocycles. The summed E-state index contributed by atoms with van der Waals surface area (Å²) in [5.41, 5.74) is 2.38. The van der Waals surface area contributed by atoms with E-state index < -0.39 is 17.8 Å². The molecule has 0 bridgehead atoms. The molecule has 4 rings (SSSR count). The molecule has 0 radical (unpaired) electrons. The van der Waals surface area contributed by atoms with E-state index >= 15 is 0 Å². The van der Waals surface area contributed by atoms with E-state index in [1.807, 2.05) is 37.3 Å². The highest BCUT2D eigenvalue weighted by molar-refractivity contribution is 6.21. The van der Waals surface area contributed by atoms with Crippen molar-refractivity contribution in [3.05, 3.63) is 89.2 Å². The van der Waals surface area contributed by atoms with Gasteiger partial charge in [-0.1, -0.05) is 30.3 Å². The second-order valence-corrected chi connectivity index (χ2v) is 7.26. The molecule has 0 N–H and O–H groups in total. The average molecular weight is 442 g/mol. The highest BCUT2D eigenvalue weighted by atomic mass is 16.6. The van der Waals surface area contributed by atoms with E-state index in [2.05, 4.69) is 4.98 Å². The fourth-order valence-corrected chi connectivity index (χ4v) is 3.46. The van der Waals surface area contributed by atoms with Gasteiger partial charge in [0, 0.05) is 12.7 Å². The van der Waals surface area contributed by atoms with Gasteiger partial charge in [-0.3, -0.25) is 24.3 Å². The molecule has 2 amide bonds. The first-order chi connectivity index (χ1) is 16.1. The van der Waals surface area contributed by atoms with Gasteiger partial charge in [-0.15, -0.1) is 0 Å². The highest BCUT2D eigenvalue weighted by Crippen LogP contribution is 2.30. The summed E-state index contributed by atoms with van der Waals surface area (Å²) in [6.07, 6.45) is 5.35. The molecular weight excluding hydrogens is 420 g/mol. The van der Waals surface area contributed by atoms with Crippen LogP contribution in [0.5, 0.6) is 11.5 Å². The van der Waals surface area contributed by atoms with Crippen LogP contribution in [0.1, 0.15) is 45.3 Å². The van der Waals surface area contributed by atoms with Crippen LogP contribution in [0.4, 0.5) is 0 Å². The van der Waals surface area contributed by atoms with E-state index in [1.165, 1.54) is 0 Å². The number of ether oxygens (including phenoxy) is 2. The summed E-state index contributed by atoms with van der Waals surface area (Å²) in [5, 5.41) is 0. The Bertz CT molecular complexity index is 1190. The molecule has 1 aliphatic heterocycles. The normalized spacial score (nSPS) is 12.8. The van der Waals surface area contributed by atoms with E-state index in [0.717, 1.165) is 16.2 Å². The van der Waals surface area contributed by atoms with E-state index in [0.29, 0.717) is 23.5 Å². The van der Waals surface area contributed by atoms with Crippen LogP contribution in [0, 0.1) is 0 Å². The van der Waals surface area contributed by atoms with Crippen molar-refractivity contribution in [2.24, 2.45) is 0 Å². The Kier molecular flexibility index (Phi) is 6.59. The maximum Gasteiger partial charge on any atom is 0.313 e. The van der Waals surface area contributed by atoms with E-state index in [9.17, 15) is 14.4 Å². The van der Waals surface area contributed by atoms with Crippen molar-refractivity contribution in [3.63, 3.8) is 0 Å². The second-order valence-electron chi connectivity index (χ2n) is 7.26. The molecule has 0 fully saturated rings. The number of rotatable bonds is 8. The summed E-state index contributed by atoms with van der Waals surface area (Å²) in [6, 6.07) is 17.5. The number of imide groups is 1. The predicted molar refractivity (Wildman–Crippen MR) is 123 cm³/mol. The van der Waals surface area contributed by atoms with Crippen LogP contribution < -0.4 is 9.47 Å². The van der Waals surface area contributed by atoms with Crippen molar-refractivity contribution >= 4 is 29.9 Å². The van der Waals surface area contributed by atoms with E-state index in [4.69, 9.17) is 9.47 Å². The minimum absolute atomic E-state index is 0.0555. The molecule has 33 heavy (non-hydrogen) atoms. The van der Waals surface area contributed by atoms with Crippen molar-refractivity contribution < 1.29 is 23.9 Å². The summed E-state index contributed by atoms with van der Waals surface area (Å²) in [6.45, 7) is 2.18. The minimum Gasteiger partial charge on any atom is -0.490 e. The first kappa shape index (κ1) is 22.0. The number of hydrogen-bond acceptors (Lipinski definition) is 6. The quantitative estimate of drug-likeness (QED) is 0.295. The van der Waals surface area contributed by atoms with Gasteiger partial charge < -0.3 is 9.47 Å². The van der Waals surface area contributed by atoms with Crippen LogP contribution in [0.2, 0.25) is 0 Å². The summed E-state index contributed by atoms with van der Waals surface area (Å²) >= 11 is 0. The van der Waals surface area contributed by atoms with Gasteiger partial charge in [-0.25, -0.2) is 0 Å². The van der Waals surface area contributed by atoms with Gasteiger partial charge in [0.1, 0.15) is 0 Å². The third-order valence-electron chi connectivity index (χ3n) is 5.04. The maximum absolute atomic E-state index is 12.5. The zero-order chi connectivity index (χ0) is 23.2. The Morgan fingerprint density at radius 2 is 1.67 bits per heavy atom. The number of hydrogen-bond donors (Lipinski definition) is 0. The number of aromatic nitrogens is 1. The number of carbonyl (C=O) groups is 3. The first-order valence-corrected chi connectivity index (χ1v) is 10.6. The standard InChI is InChI=1S/C26H22N2O5/c1-2-32-23-17-18(10-12-19-7-5-6-15-27-19)11-13-22(23)33-24(29)14-16-28-25(30)20-8-3-4-9-21(20)26(28)31/h3-13,15,17H,2,14,16H2,1H3/b12-10+. The Balaban J connectivity index is 1.40. The van der Waals surface area contributed by atoms with Crippen LogP contribution in [0.25, 0.3) is 12.2 Å². The van der Waals surface area contributed by atoms with Gasteiger partial charge in [0.05, 0.1) is 29.8 Å². The van der Waals surface area contributed by atoms with Crippen LogP contribution >= 0.6 is 0 Å². The molecule has 0 atom stereocenters. The molecule has 0 saturated carbocycles. The minimum atomic E-state index is -0.565. The average Bonchev–Trinajstić information content (AvgIpc) is 3.08. The van der Waals surface area contributed by atoms with E-state index in [-0.39, 0.29) is 18.7 Å². The topological polar surface area (TPSA) is 85.8 Å². The fraction of sp³-hybridized carbons (Fsp3) is 0.154. The number of carbonyl (C=O) groups excluding carboxylic acids is 3. The number of nitrogens with zero attached hydrogens (tertiary/aromatic N) is 2. The highest BCUT2D eigenvalue weighted by Gasteiger charge is 2.35. The second kappa shape index (κ2) is 9.91. The maximum atomic E-state index is 12.5. The summed E-state index contributed by atoms with van der Waals surface area (Å²) in [7, 11) is 0. The molecule has 2 aromatic carbocycles. The van der Waals surface area contributed by atoms with Gasteiger partial charge in [0.2, 0.25) is 0 Å². The number of pyridine rings is 1. The molecule has 3 aromatic rings. The van der Waals surface area contributed by atoms with Gasteiger partial charge in [-0.2, -0.15) is 0 Å². The SMILES string of the molecule is CCOc1cc(/C=C/c2ccccn2)ccc1OC(=O)CCN1C(=O)c2ccccc2C1=O. The molecule has 7 nitrogen and oxygen atoms in total. The van der Waals surface area contributed by atoms with E-state index in [1.54, 1.807) is 48.7 Å². The summed E-state index contributed by atoms with van der Waals surface area (Å²) in [5.74, 6) is -0.664. The Morgan fingerprint density at radius 3 is 2.33 bits per heavy atom. The van der Waals surface area contributed by atoms with Crippen molar-refractivity contribution in [2.75, 3.05) is 13.2 Å². The molecular formula is C26H22N2O5. The lowest BCUT2D eigenvalue weighted by Crippen LogP contribution is -2.32. The Morgan fingerprint density at radius 1 is 0.939 bits per heavy atom. The lowest BCUT2D eigenvalue weighted by Gasteiger charge is -2.14. The van der Waals surface area contributed by atoms with Gasteiger partial charge >= 0.3 is 5.97 Å². The number of fused-ring (bicyclic) bond motifs is 1. The zero-order valence-corrected chi connectivity index (χ0v) is 18.1. The molecule has 0 aliphatic carbocycles. The van der Waals surface area contributed by atoms with Crippen LogP contribution in [-0.4, -0.2) is 40.8 Å². The zero-order valence-electron chi connectivity index (χ0n) is 18.1. The lowest BCUT2D eigenvalue weighted by atomic mass is 10.1. The fourth-order valence-electron chi connectivity index (χ4n) is 3.46. The molecule has 1 aromatic heterocycles. The predicted octanol–water partition coefficient (Wildman–Crippen LogP) is 4.24. The van der Waals surface area contributed by atoms with Crippen molar-refractivity contribution in [1.82, 2.24) is 9.88 Å². The van der Waals surface area contributed by atoms with Crippen molar-refractivity contribution in [1.29, 1.82) is 0 Å².